The van der Waals surface area contributed by atoms with Crippen LogP contribution in [-0.4, -0.2) is 26.6 Å². The van der Waals surface area contributed by atoms with Crippen molar-refractivity contribution in [2.75, 3.05) is 0 Å². The van der Waals surface area contributed by atoms with Gasteiger partial charge in [0.15, 0.2) is 0 Å². The molecule has 2 heterocycles. The van der Waals surface area contributed by atoms with Gasteiger partial charge in [-0.3, -0.25) is 4.79 Å². The van der Waals surface area contributed by atoms with Crippen LogP contribution in [0.3, 0.4) is 0 Å². The summed E-state index contributed by atoms with van der Waals surface area (Å²) in [7, 11) is 0. The van der Waals surface area contributed by atoms with Crippen molar-refractivity contribution in [1.29, 1.82) is 0 Å². The summed E-state index contributed by atoms with van der Waals surface area (Å²) in [6, 6.07) is 24.4. The maximum atomic E-state index is 15.5. The van der Waals surface area contributed by atoms with Gasteiger partial charge in [-0.05, 0) is 59.3 Å². The van der Waals surface area contributed by atoms with Crippen molar-refractivity contribution in [3.63, 3.8) is 0 Å². The summed E-state index contributed by atoms with van der Waals surface area (Å²) in [5.41, 5.74) is 4.21. The fourth-order valence-electron chi connectivity index (χ4n) is 5.18. The van der Waals surface area contributed by atoms with Crippen LogP contribution in [0.15, 0.2) is 103 Å². The number of carboxylic acid groups (broad SMARTS) is 1. The van der Waals surface area contributed by atoms with Gasteiger partial charge in [0, 0.05) is 29.1 Å². The number of pyridine rings is 1. The maximum absolute atomic E-state index is 15.5. The minimum Gasteiger partial charge on any atom is -0.478 e. The van der Waals surface area contributed by atoms with Gasteiger partial charge in [0.05, 0.1) is 28.9 Å². The smallest absolute Gasteiger partial charge is 0.335 e. The van der Waals surface area contributed by atoms with Crippen molar-refractivity contribution in [1.82, 2.24) is 14.9 Å². The van der Waals surface area contributed by atoms with Gasteiger partial charge in [-0.15, -0.1) is 0 Å². The Kier molecular flexibility index (Phi) is 6.96. The fourth-order valence-corrected chi connectivity index (χ4v) is 5.18. The second kappa shape index (κ2) is 10.9. The van der Waals surface area contributed by atoms with Gasteiger partial charge in [0.25, 0.3) is 5.91 Å². The number of nitrogens with one attached hydrogen (secondary N) is 1. The lowest BCUT2D eigenvalue weighted by atomic mass is 9.98. The lowest BCUT2D eigenvalue weighted by Gasteiger charge is -2.16. The molecule has 42 heavy (non-hydrogen) atoms. The monoisotopic (exact) mass is 561 g/mol. The highest BCUT2D eigenvalue weighted by Gasteiger charge is 2.21. The van der Waals surface area contributed by atoms with Crippen LogP contribution in [0, 0.1) is 11.6 Å². The van der Waals surface area contributed by atoms with Crippen molar-refractivity contribution in [2.45, 2.75) is 19.4 Å². The van der Waals surface area contributed by atoms with Crippen molar-refractivity contribution in [3.05, 3.63) is 143 Å². The summed E-state index contributed by atoms with van der Waals surface area (Å²) in [5.74, 6) is -2.12. The lowest BCUT2D eigenvalue weighted by molar-refractivity contribution is 0.0696. The Bertz CT molecular complexity index is 1970. The van der Waals surface area contributed by atoms with E-state index in [1.165, 1.54) is 24.3 Å². The van der Waals surface area contributed by atoms with Crippen LogP contribution in [0.5, 0.6) is 0 Å². The van der Waals surface area contributed by atoms with E-state index in [1.807, 2.05) is 18.2 Å². The molecule has 6 rings (SSSR count). The van der Waals surface area contributed by atoms with Gasteiger partial charge in [-0.25, -0.2) is 18.1 Å². The molecule has 0 aliphatic carbocycles. The molecule has 6 aromatic rings. The van der Waals surface area contributed by atoms with E-state index in [2.05, 4.69) is 10.4 Å². The molecule has 6 nitrogen and oxygen atoms in total. The second-order valence-corrected chi connectivity index (χ2v) is 10.2. The van der Waals surface area contributed by atoms with Crippen LogP contribution in [-0.2, 0) is 6.42 Å². The third kappa shape index (κ3) is 5.10. The first kappa shape index (κ1) is 26.8. The first-order valence-electron chi connectivity index (χ1n) is 13.3. The summed E-state index contributed by atoms with van der Waals surface area (Å²) < 4.78 is 30.7. The number of amides is 1. The number of aromatic nitrogens is 2. The van der Waals surface area contributed by atoms with Crippen LogP contribution in [0.4, 0.5) is 8.78 Å². The lowest BCUT2D eigenvalue weighted by Crippen LogP contribution is -2.27. The number of fused-ring (bicyclic) bond motifs is 2. The van der Waals surface area contributed by atoms with Gasteiger partial charge in [-0.1, -0.05) is 60.7 Å². The molecule has 0 bridgehead atoms. The molecule has 0 radical (unpaired) electrons. The van der Waals surface area contributed by atoms with Crippen LogP contribution < -0.4 is 5.32 Å². The molecule has 0 saturated carbocycles. The largest absolute Gasteiger partial charge is 0.478 e. The molecule has 0 aliphatic heterocycles. The first-order valence-corrected chi connectivity index (χ1v) is 13.3. The van der Waals surface area contributed by atoms with E-state index in [0.717, 1.165) is 10.9 Å². The molecule has 0 unspecified atom stereocenters. The summed E-state index contributed by atoms with van der Waals surface area (Å²) in [6.45, 7) is 1.80. The summed E-state index contributed by atoms with van der Waals surface area (Å²) in [5, 5.41) is 18.0. The van der Waals surface area contributed by atoms with E-state index >= 15 is 4.39 Å². The Labute approximate surface area is 239 Å². The van der Waals surface area contributed by atoms with Crippen LogP contribution in [0.25, 0.3) is 27.4 Å². The van der Waals surface area contributed by atoms with Crippen molar-refractivity contribution >= 4 is 28.2 Å². The number of halogens is 2. The highest BCUT2D eigenvalue weighted by molar-refractivity contribution is 6.03. The molecule has 0 saturated heterocycles. The van der Waals surface area contributed by atoms with Crippen LogP contribution in [0.2, 0.25) is 0 Å². The third-order valence-corrected chi connectivity index (χ3v) is 7.44. The summed E-state index contributed by atoms with van der Waals surface area (Å²) in [6.07, 6.45) is 3.60. The molecule has 1 atom stereocenters. The molecule has 0 fully saturated rings. The summed E-state index contributed by atoms with van der Waals surface area (Å²) >= 11 is 0. The van der Waals surface area contributed by atoms with Gasteiger partial charge in [0.2, 0.25) is 0 Å². The number of rotatable bonds is 7. The van der Waals surface area contributed by atoms with Crippen LogP contribution in [0.1, 0.15) is 50.4 Å². The zero-order valence-electron chi connectivity index (χ0n) is 22.5. The first-order chi connectivity index (χ1) is 20.3. The minimum absolute atomic E-state index is 0.149. The number of carboxylic acids is 1. The molecular weight excluding hydrogens is 536 g/mol. The van der Waals surface area contributed by atoms with E-state index in [1.54, 1.807) is 72.4 Å². The number of benzene rings is 4. The van der Waals surface area contributed by atoms with Crippen LogP contribution >= 0.6 is 0 Å². The normalized spacial score (nSPS) is 12.0. The Morgan fingerprint density at radius 2 is 1.64 bits per heavy atom. The number of hydrogen-bond donors (Lipinski definition) is 2. The highest BCUT2D eigenvalue weighted by atomic mass is 19.1. The van der Waals surface area contributed by atoms with Gasteiger partial charge in [0.1, 0.15) is 11.6 Å². The number of carbonyl (C=O) groups excluding carboxylic acids is 1. The number of aromatic carboxylic acids is 1. The molecular formula is C34H25F2N3O3. The SMILES string of the molecule is C[C@H](NC(=O)c1cc(-c2ccc(F)cc2)cn2ncc(Cc3ccc4ccccc4c3F)c12)c1ccc(C(=O)O)cc1. The Morgan fingerprint density at radius 3 is 2.38 bits per heavy atom. The zero-order chi connectivity index (χ0) is 29.4. The Morgan fingerprint density at radius 1 is 0.905 bits per heavy atom. The van der Waals surface area contributed by atoms with E-state index in [4.69, 9.17) is 0 Å². The number of carbonyl (C=O) groups is 2. The predicted octanol–water partition coefficient (Wildman–Crippen LogP) is 7.21. The molecule has 8 heteroatoms. The standard InChI is InChI=1S/C34H25F2N3O3/c1-20(21-6-9-24(10-7-21)34(41)42)38-33(40)30-17-27(22-12-14-28(35)15-13-22)19-39-32(30)26(18-37-39)16-25-11-8-23-4-2-3-5-29(23)31(25)36/h2-15,17-20H,16H2,1H3,(H,38,40)(H,41,42)/t20-/m0/s1. The zero-order valence-corrected chi connectivity index (χ0v) is 22.5. The molecule has 0 spiro atoms. The van der Waals surface area contributed by atoms with E-state index in [9.17, 15) is 19.1 Å². The molecule has 2 N–H and O–H groups in total. The third-order valence-electron chi connectivity index (χ3n) is 7.44. The second-order valence-electron chi connectivity index (χ2n) is 10.2. The molecule has 2 aromatic heterocycles. The van der Waals surface area contributed by atoms with Crippen molar-refractivity contribution in [2.24, 2.45) is 0 Å². The van der Waals surface area contributed by atoms with E-state index in [-0.39, 0.29) is 29.5 Å². The van der Waals surface area contributed by atoms with Gasteiger partial charge in [-0.2, -0.15) is 5.10 Å². The minimum atomic E-state index is -1.03. The van der Waals surface area contributed by atoms with Gasteiger partial charge < -0.3 is 10.4 Å². The Hall–Kier alpha value is -5.37. The highest BCUT2D eigenvalue weighted by Crippen LogP contribution is 2.29. The number of nitrogens with zero attached hydrogens (tertiary/aromatic N) is 2. The van der Waals surface area contributed by atoms with E-state index in [0.29, 0.717) is 38.7 Å². The van der Waals surface area contributed by atoms with Crippen molar-refractivity contribution in [3.8, 4) is 11.1 Å². The Balaban J connectivity index is 1.41. The molecule has 4 aromatic carbocycles. The number of hydrogen-bond acceptors (Lipinski definition) is 3. The fraction of sp³-hybridized carbons (Fsp3) is 0.0882. The van der Waals surface area contributed by atoms with Gasteiger partial charge >= 0.3 is 5.97 Å². The molecule has 0 aliphatic rings. The summed E-state index contributed by atoms with van der Waals surface area (Å²) in [4.78, 5) is 25.1. The quantitative estimate of drug-likeness (QED) is 0.216. The predicted molar refractivity (Wildman–Crippen MR) is 157 cm³/mol. The topological polar surface area (TPSA) is 83.7 Å². The average molecular weight is 562 g/mol. The molecule has 1 amide bonds. The maximum Gasteiger partial charge on any atom is 0.335 e. The van der Waals surface area contributed by atoms with E-state index < -0.39 is 12.0 Å². The molecule has 208 valence electrons. The average Bonchev–Trinajstić information content (AvgIpc) is 3.41. The van der Waals surface area contributed by atoms with Crippen molar-refractivity contribution < 1.29 is 23.5 Å².